The SMILES string of the molecule is CCOC(=O)C1=C(N)N2C(=O)[C@H](C)SC2=C(C(=O)OCC)[C@@H]1c1ccc(OC(C)C)c(OC)c1. The molecule has 9 nitrogen and oxygen atoms in total. The summed E-state index contributed by atoms with van der Waals surface area (Å²) in [5.41, 5.74) is 7.10. The molecule has 10 heteroatoms. The number of nitrogens with two attached hydrogens (primary N) is 1. The molecule has 1 fully saturated rings. The zero-order valence-corrected chi connectivity index (χ0v) is 21.0. The van der Waals surface area contributed by atoms with E-state index >= 15 is 0 Å². The van der Waals surface area contributed by atoms with Crippen LogP contribution in [0.4, 0.5) is 0 Å². The number of ether oxygens (including phenoxy) is 4. The lowest BCUT2D eigenvalue weighted by molar-refractivity contribution is -0.139. The predicted molar refractivity (Wildman–Crippen MR) is 127 cm³/mol. The lowest BCUT2D eigenvalue weighted by Crippen LogP contribution is -2.40. The van der Waals surface area contributed by atoms with Crippen molar-refractivity contribution < 1.29 is 33.3 Å². The first kappa shape index (κ1) is 25.5. The zero-order chi connectivity index (χ0) is 25.2. The predicted octanol–water partition coefficient (Wildman–Crippen LogP) is 3.05. The van der Waals surface area contributed by atoms with Gasteiger partial charge >= 0.3 is 11.9 Å². The molecule has 184 valence electrons. The molecule has 0 spiro atoms. The van der Waals surface area contributed by atoms with Crippen molar-refractivity contribution in [2.24, 2.45) is 5.73 Å². The van der Waals surface area contributed by atoms with Crippen molar-refractivity contribution >= 4 is 29.6 Å². The van der Waals surface area contributed by atoms with Gasteiger partial charge in [-0.15, -0.1) is 0 Å². The van der Waals surface area contributed by atoms with Crippen LogP contribution in [0.25, 0.3) is 0 Å². The third kappa shape index (κ3) is 4.59. The molecule has 0 aliphatic carbocycles. The van der Waals surface area contributed by atoms with Gasteiger partial charge in [0.15, 0.2) is 11.5 Å². The molecule has 1 aromatic carbocycles. The maximum atomic E-state index is 13.2. The zero-order valence-electron chi connectivity index (χ0n) is 20.2. The first-order valence-electron chi connectivity index (χ1n) is 11.1. The van der Waals surface area contributed by atoms with E-state index in [-0.39, 0.29) is 42.2 Å². The number of methoxy groups -OCH3 is 1. The maximum absolute atomic E-state index is 13.2. The van der Waals surface area contributed by atoms with Crippen molar-refractivity contribution in [2.75, 3.05) is 20.3 Å². The number of carbonyl (C=O) groups excluding carboxylic acids is 3. The molecule has 1 aromatic rings. The van der Waals surface area contributed by atoms with Gasteiger partial charge in [0, 0.05) is 0 Å². The van der Waals surface area contributed by atoms with E-state index in [1.807, 2.05) is 13.8 Å². The molecule has 0 unspecified atom stereocenters. The lowest BCUT2D eigenvalue weighted by Gasteiger charge is -2.33. The summed E-state index contributed by atoms with van der Waals surface area (Å²) in [5, 5.41) is -0.135. The minimum atomic E-state index is -0.933. The van der Waals surface area contributed by atoms with E-state index in [1.165, 1.54) is 23.8 Å². The van der Waals surface area contributed by atoms with Gasteiger partial charge < -0.3 is 24.7 Å². The van der Waals surface area contributed by atoms with Gasteiger partial charge in [0.2, 0.25) is 5.91 Å². The molecular formula is C24H30N2O7S. The number of hydrogen-bond acceptors (Lipinski definition) is 9. The Bertz CT molecular complexity index is 1060. The van der Waals surface area contributed by atoms with Crippen molar-refractivity contribution in [3.8, 4) is 11.5 Å². The van der Waals surface area contributed by atoms with Gasteiger partial charge in [-0.1, -0.05) is 17.8 Å². The second-order valence-corrected chi connectivity index (χ2v) is 9.23. The summed E-state index contributed by atoms with van der Waals surface area (Å²) in [4.78, 5) is 40.5. The van der Waals surface area contributed by atoms with E-state index in [9.17, 15) is 14.4 Å². The third-order valence-electron chi connectivity index (χ3n) is 5.26. The van der Waals surface area contributed by atoms with Crippen molar-refractivity contribution in [3.05, 3.63) is 45.8 Å². The molecule has 3 rings (SSSR count). The Kier molecular flexibility index (Phi) is 7.81. The average molecular weight is 491 g/mol. The molecule has 2 atom stereocenters. The quantitative estimate of drug-likeness (QED) is 0.549. The molecule has 2 aliphatic heterocycles. The molecule has 1 saturated heterocycles. The summed E-state index contributed by atoms with van der Waals surface area (Å²) in [6, 6.07) is 5.13. The fraction of sp³-hybridized carbons (Fsp3) is 0.458. The monoisotopic (exact) mass is 490 g/mol. The molecule has 0 saturated carbocycles. The smallest absolute Gasteiger partial charge is 0.338 e. The summed E-state index contributed by atoms with van der Waals surface area (Å²) in [6.45, 7) is 9.07. The van der Waals surface area contributed by atoms with Gasteiger partial charge in [-0.2, -0.15) is 0 Å². The molecule has 1 amide bonds. The highest BCUT2D eigenvalue weighted by atomic mass is 32.2. The highest BCUT2D eigenvalue weighted by Gasteiger charge is 2.49. The Morgan fingerprint density at radius 1 is 1.09 bits per heavy atom. The van der Waals surface area contributed by atoms with Gasteiger partial charge in [-0.25, -0.2) is 9.59 Å². The Labute approximate surface area is 203 Å². The number of nitrogens with zero attached hydrogens (tertiary/aromatic N) is 1. The van der Waals surface area contributed by atoms with Crippen molar-refractivity contribution in [3.63, 3.8) is 0 Å². The highest BCUT2D eigenvalue weighted by Crippen LogP contribution is 2.50. The van der Waals surface area contributed by atoms with E-state index in [0.29, 0.717) is 22.1 Å². The Morgan fingerprint density at radius 3 is 2.26 bits per heavy atom. The van der Waals surface area contributed by atoms with Crippen LogP contribution in [0, 0.1) is 0 Å². The Morgan fingerprint density at radius 2 is 1.71 bits per heavy atom. The van der Waals surface area contributed by atoms with Crippen molar-refractivity contribution in [1.82, 2.24) is 4.90 Å². The molecule has 34 heavy (non-hydrogen) atoms. The van der Waals surface area contributed by atoms with Crippen LogP contribution in [-0.4, -0.2) is 54.4 Å². The van der Waals surface area contributed by atoms with Gasteiger partial charge in [0.05, 0.1) is 53.8 Å². The van der Waals surface area contributed by atoms with E-state index in [1.54, 1.807) is 39.0 Å². The number of thioether (sulfide) groups is 1. The van der Waals surface area contributed by atoms with Gasteiger partial charge in [-0.3, -0.25) is 9.69 Å². The average Bonchev–Trinajstić information content (AvgIpc) is 3.08. The van der Waals surface area contributed by atoms with Crippen LogP contribution in [0.15, 0.2) is 40.2 Å². The third-order valence-corrected chi connectivity index (χ3v) is 6.44. The van der Waals surface area contributed by atoms with Gasteiger partial charge in [0.25, 0.3) is 0 Å². The topological polar surface area (TPSA) is 117 Å². The van der Waals surface area contributed by atoms with Gasteiger partial charge in [0.1, 0.15) is 5.82 Å². The number of fused-ring (bicyclic) bond motifs is 1. The van der Waals surface area contributed by atoms with E-state index in [2.05, 4.69) is 0 Å². The number of hydrogen-bond donors (Lipinski definition) is 1. The lowest BCUT2D eigenvalue weighted by atomic mass is 9.82. The summed E-state index contributed by atoms with van der Waals surface area (Å²) in [5.74, 6) is -1.74. The van der Waals surface area contributed by atoms with Crippen LogP contribution in [0.3, 0.4) is 0 Å². The standard InChI is InChI=1S/C24H30N2O7S/c1-7-31-23(28)18-17(14-9-10-15(33-12(3)4)16(11-14)30-6)19(24(29)32-8-2)22-26(20(18)25)21(27)13(5)34-22/h9-13,17H,7-8,25H2,1-6H3/t13-,17+/m0/s1. The van der Waals surface area contributed by atoms with Gasteiger partial charge in [-0.05, 0) is 52.3 Å². The molecule has 0 radical (unpaired) electrons. The molecular weight excluding hydrogens is 460 g/mol. The minimum Gasteiger partial charge on any atom is -0.493 e. The number of carbonyl (C=O) groups is 3. The first-order chi connectivity index (χ1) is 16.2. The molecule has 2 N–H and O–H groups in total. The summed E-state index contributed by atoms with van der Waals surface area (Å²) >= 11 is 1.20. The molecule has 0 bridgehead atoms. The van der Waals surface area contributed by atoms with E-state index < -0.39 is 23.1 Å². The second-order valence-electron chi connectivity index (χ2n) is 7.90. The van der Waals surface area contributed by atoms with Crippen LogP contribution < -0.4 is 15.2 Å². The summed E-state index contributed by atoms with van der Waals surface area (Å²) in [7, 11) is 1.50. The van der Waals surface area contributed by atoms with Crippen LogP contribution in [-0.2, 0) is 23.9 Å². The Hall–Kier alpha value is -3.14. The number of benzene rings is 1. The largest absolute Gasteiger partial charge is 0.493 e. The number of esters is 2. The summed E-state index contributed by atoms with van der Waals surface area (Å²) < 4.78 is 22.0. The van der Waals surface area contributed by atoms with Crippen LogP contribution in [0.1, 0.15) is 46.1 Å². The number of amides is 1. The van der Waals surface area contributed by atoms with Crippen molar-refractivity contribution in [1.29, 1.82) is 0 Å². The van der Waals surface area contributed by atoms with Crippen molar-refractivity contribution in [2.45, 2.75) is 51.9 Å². The second kappa shape index (κ2) is 10.4. The minimum absolute atomic E-state index is 0.00344. The normalized spacial score (nSPS) is 20.0. The van der Waals surface area contributed by atoms with Crippen LogP contribution in [0.5, 0.6) is 11.5 Å². The highest BCUT2D eigenvalue weighted by molar-refractivity contribution is 8.04. The molecule has 0 aromatic heterocycles. The Balaban J connectivity index is 2.29. The van der Waals surface area contributed by atoms with E-state index in [4.69, 9.17) is 24.7 Å². The van der Waals surface area contributed by atoms with Crippen LogP contribution in [0.2, 0.25) is 0 Å². The van der Waals surface area contributed by atoms with Crippen LogP contribution >= 0.6 is 11.8 Å². The fourth-order valence-corrected chi connectivity index (χ4v) is 5.06. The fourth-order valence-electron chi connectivity index (χ4n) is 3.89. The summed E-state index contributed by atoms with van der Waals surface area (Å²) in [6.07, 6.45) is -0.0896. The molecule has 2 aliphatic rings. The van der Waals surface area contributed by atoms with E-state index in [0.717, 1.165) is 0 Å². The maximum Gasteiger partial charge on any atom is 0.338 e. The first-order valence-corrected chi connectivity index (χ1v) is 12.0. The molecule has 2 heterocycles. The number of rotatable bonds is 8.